The molecule has 2 fully saturated rings. The van der Waals surface area contributed by atoms with Crippen molar-refractivity contribution in [2.75, 3.05) is 13.1 Å². The molecule has 0 N–H and O–H groups in total. The Balaban J connectivity index is 1.81. The molecule has 0 atom stereocenters. The van der Waals surface area contributed by atoms with Crippen molar-refractivity contribution in [3.63, 3.8) is 0 Å². The van der Waals surface area contributed by atoms with Gasteiger partial charge in [0.15, 0.2) is 5.82 Å². The van der Waals surface area contributed by atoms with Gasteiger partial charge in [-0.2, -0.15) is 4.68 Å². The highest BCUT2D eigenvalue weighted by atomic mass is 35.5. The number of nitrogens with zero attached hydrogens (tertiary/aromatic N) is 5. The summed E-state index contributed by atoms with van der Waals surface area (Å²) in [7, 11) is 0. The van der Waals surface area contributed by atoms with E-state index in [-0.39, 0.29) is 5.54 Å². The summed E-state index contributed by atoms with van der Waals surface area (Å²) in [6.45, 7) is 4.39. The molecule has 1 saturated carbocycles. The quantitative estimate of drug-likeness (QED) is 0.847. The Morgan fingerprint density at radius 3 is 2.54 bits per heavy atom. The van der Waals surface area contributed by atoms with Gasteiger partial charge in [0.05, 0.1) is 11.2 Å². The molecule has 0 radical (unpaired) electrons. The minimum atomic E-state index is -0.0152. The summed E-state index contributed by atoms with van der Waals surface area (Å²) in [4.78, 5) is 2.64. The van der Waals surface area contributed by atoms with E-state index in [9.17, 15) is 0 Å². The smallest absolute Gasteiger partial charge is 0.176 e. The lowest BCUT2D eigenvalue weighted by atomic mass is 9.91. The number of likely N-dealkylation sites (tertiary alicyclic amines) is 1. The number of aromatic nitrogens is 4. The van der Waals surface area contributed by atoms with Crippen LogP contribution in [0.2, 0.25) is 5.02 Å². The van der Waals surface area contributed by atoms with Crippen LogP contribution < -0.4 is 0 Å². The Morgan fingerprint density at radius 2 is 1.79 bits per heavy atom. The molecule has 6 heteroatoms. The Kier molecular flexibility index (Phi) is 4.31. The Labute approximate surface area is 148 Å². The second-order valence-electron chi connectivity index (χ2n) is 7.13. The Hall–Kier alpha value is -1.46. The second-order valence-corrected chi connectivity index (χ2v) is 7.57. The number of benzene rings is 1. The van der Waals surface area contributed by atoms with Crippen molar-refractivity contribution in [3.8, 4) is 5.69 Å². The first-order valence-electron chi connectivity index (χ1n) is 9.01. The van der Waals surface area contributed by atoms with Crippen LogP contribution in [0.1, 0.15) is 56.3 Å². The number of tetrazole rings is 1. The lowest BCUT2D eigenvalue weighted by Gasteiger charge is -2.42. The zero-order valence-corrected chi connectivity index (χ0v) is 15.0. The summed E-state index contributed by atoms with van der Waals surface area (Å²) >= 11 is 6.24. The zero-order chi connectivity index (χ0) is 16.6. The molecule has 2 aliphatic rings. The molecule has 0 amide bonds. The van der Waals surface area contributed by atoms with Crippen LogP contribution in [0.3, 0.4) is 0 Å². The first-order chi connectivity index (χ1) is 11.7. The van der Waals surface area contributed by atoms with E-state index in [1.165, 1.54) is 32.1 Å². The van der Waals surface area contributed by atoms with E-state index in [0.717, 1.165) is 48.0 Å². The van der Waals surface area contributed by atoms with Crippen LogP contribution in [-0.4, -0.2) is 38.2 Å². The molecule has 2 aromatic rings. The highest BCUT2D eigenvalue weighted by Crippen LogP contribution is 2.44. The molecule has 1 saturated heterocycles. The van der Waals surface area contributed by atoms with E-state index in [1.807, 2.05) is 22.9 Å². The first-order valence-corrected chi connectivity index (χ1v) is 9.39. The van der Waals surface area contributed by atoms with Crippen molar-refractivity contribution >= 4 is 11.6 Å². The zero-order valence-electron chi connectivity index (χ0n) is 14.2. The maximum atomic E-state index is 6.24. The third-order valence-electron chi connectivity index (χ3n) is 5.68. The monoisotopic (exact) mass is 345 g/mol. The van der Waals surface area contributed by atoms with Crippen LogP contribution in [0.25, 0.3) is 5.69 Å². The van der Waals surface area contributed by atoms with Crippen LogP contribution in [0, 0.1) is 6.92 Å². The Bertz CT molecular complexity index is 714. The van der Waals surface area contributed by atoms with Crippen LogP contribution in [0.5, 0.6) is 0 Å². The van der Waals surface area contributed by atoms with Gasteiger partial charge >= 0.3 is 0 Å². The summed E-state index contributed by atoms with van der Waals surface area (Å²) in [5.41, 5.74) is 2.11. The van der Waals surface area contributed by atoms with Crippen molar-refractivity contribution in [1.29, 1.82) is 0 Å². The normalized spacial score (nSPS) is 21.2. The van der Waals surface area contributed by atoms with E-state index < -0.39 is 0 Å². The highest BCUT2D eigenvalue weighted by molar-refractivity contribution is 6.30. The van der Waals surface area contributed by atoms with Gasteiger partial charge < -0.3 is 0 Å². The standard InChI is InChI=1S/C18H24ClN5/c1-14-7-8-15(19)13-16(14)24-17(20-21-22-24)18(9-3-4-10-18)23-11-5-2-6-12-23/h7-8,13H,2-6,9-12H2,1H3. The molecule has 0 unspecified atom stereocenters. The maximum Gasteiger partial charge on any atom is 0.176 e. The van der Waals surface area contributed by atoms with Gasteiger partial charge in [0, 0.05) is 5.02 Å². The van der Waals surface area contributed by atoms with Gasteiger partial charge in [0.2, 0.25) is 0 Å². The fourth-order valence-corrected chi connectivity index (χ4v) is 4.58. The second kappa shape index (κ2) is 6.45. The number of hydrogen-bond acceptors (Lipinski definition) is 4. The SMILES string of the molecule is Cc1ccc(Cl)cc1-n1nnnc1C1(N2CCCCC2)CCCC1. The van der Waals surface area contributed by atoms with Crippen LogP contribution in [-0.2, 0) is 5.54 Å². The average Bonchev–Trinajstić information content (AvgIpc) is 3.27. The van der Waals surface area contributed by atoms with Crippen molar-refractivity contribution in [1.82, 2.24) is 25.1 Å². The van der Waals surface area contributed by atoms with Gasteiger partial charge in [-0.1, -0.05) is 36.9 Å². The first kappa shape index (κ1) is 16.0. The van der Waals surface area contributed by atoms with Crippen LogP contribution >= 0.6 is 11.6 Å². The van der Waals surface area contributed by atoms with Gasteiger partial charge in [-0.15, -0.1) is 5.10 Å². The van der Waals surface area contributed by atoms with E-state index in [1.54, 1.807) is 0 Å². The molecule has 5 nitrogen and oxygen atoms in total. The maximum absolute atomic E-state index is 6.24. The molecular weight excluding hydrogens is 322 g/mol. The minimum absolute atomic E-state index is 0.0152. The third kappa shape index (κ3) is 2.64. The number of rotatable bonds is 3. The number of piperidine rings is 1. The fraction of sp³-hybridized carbons (Fsp3) is 0.611. The van der Waals surface area contributed by atoms with E-state index in [2.05, 4.69) is 27.3 Å². The molecule has 1 aliphatic carbocycles. The predicted molar refractivity (Wildman–Crippen MR) is 94.5 cm³/mol. The molecule has 1 aromatic carbocycles. The number of halogens is 1. The number of aryl methyl sites for hydroxylation is 1. The van der Waals surface area contributed by atoms with Gasteiger partial charge in [-0.05, 0) is 73.8 Å². The largest absolute Gasteiger partial charge is 0.291 e. The predicted octanol–water partition coefficient (Wildman–Crippen LogP) is 3.88. The molecule has 1 aliphatic heterocycles. The van der Waals surface area contributed by atoms with Gasteiger partial charge in [0.25, 0.3) is 0 Å². The minimum Gasteiger partial charge on any atom is -0.291 e. The van der Waals surface area contributed by atoms with Crippen molar-refractivity contribution in [3.05, 3.63) is 34.6 Å². The molecule has 4 rings (SSSR count). The summed E-state index contributed by atoms with van der Waals surface area (Å²) < 4.78 is 1.93. The summed E-state index contributed by atoms with van der Waals surface area (Å²) in [5, 5.41) is 13.6. The molecule has 0 bridgehead atoms. The van der Waals surface area contributed by atoms with Gasteiger partial charge in [0.1, 0.15) is 0 Å². The number of hydrogen-bond donors (Lipinski definition) is 0. The lowest BCUT2D eigenvalue weighted by molar-refractivity contribution is 0.0589. The van der Waals surface area contributed by atoms with Gasteiger partial charge in [-0.25, -0.2) is 0 Å². The van der Waals surface area contributed by atoms with Crippen molar-refractivity contribution in [2.24, 2.45) is 0 Å². The van der Waals surface area contributed by atoms with E-state index in [4.69, 9.17) is 11.6 Å². The molecular formula is C18H24ClN5. The lowest BCUT2D eigenvalue weighted by Crippen LogP contribution is -2.48. The van der Waals surface area contributed by atoms with Crippen molar-refractivity contribution in [2.45, 2.75) is 57.4 Å². The molecule has 128 valence electrons. The van der Waals surface area contributed by atoms with Crippen LogP contribution in [0.15, 0.2) is 18.2 Å². The summed E-state index contributed by atoms with van der Waals surface area (Å²) in [6.07, 6.45) is 8.68. The van der Waals surface area contributed by atoms with Crippen LogP contribution in [0.4, 0.5) is 0 Å². The van der Waals surface area contributed by atoms with Gasteiger partial charge in [-0.3, -0.25) is 4.90 Å². The fourth-order valence-electron chi connectivity index (χ4n) is 4.41. The highest BCUT2D eigenvalue weighted by Gasteiger charge is 2.45. The molecule has 24 heavy (non-hydrogen) atoms. The summed E-state index contributed by atoms with van der Waals surface area (Å²) in [5.74, 6) is 0.993. The van der Waals surface area contributed by atoms with Crippen molar-refractivity contribution < 1.29 is 0 Å². The van der Waals surface area contributed by atoms with E-state index >= 15 is 0 Å². The van der Waals surface area contributed by atoms with E-state index in [0.29, 0.717) is 0 Å². The third-order valence-corrected chi connectivity index (χ3v) is 5.91. The molecule has 1 aromatic heterocycles. The molecule has 2 heterocycles. The molecule has 0 spiro atoms. The summed E-state index contributed by atoms with van der Waals surface area (Å²) in [6, 6.07) is 5.92. The Morgan fingerprint density at radius 1 is 1.04 bits per heavy atom. The topological polar surface area (TPSA) is 46.8 Å². The average molecular weight is 346 g/mol.